The van der Waals surface area contributed by atoms with Crippen molar-refractivity contribution in [3.63, 3.8) is 0 Å². The molecule has 0 radical (unpaired) electrons. The maximum absolute atomic E-state index is 6.11. The topological polar surface area (TPSA) is 21.3 Å². The summed E-state index contributed by atoms with van der Waals surface area (Å²) in [5.74, 6) is 0.706. The molecular formula is C12H15Cl2NO. The van der Waals surface area contributed by atoms with Gasteiger partial charge in [-0.25, -0.2) is 0 Å². The first kappa shape index (κ1) is 11.9. The Labute approximate surface area is 106 Å². The van der Waals surface area contributed by atoms with Crippen molar-refractivity contribution in [3.05, 3.63) is 22.2 Å². The van der Waals surface area contributed by atoms with E-state index in [4.69, 9.17) is 27.9 Å². The van der Waals surface area contributed by atoms with Crippen LogP contribution < -0.4 is 10.1 Å². The van der Waals surface area contributed by atoms with E-state index in [0.29, 0.717) is 15.8 Å². The Morgan fingerprint density at radius 1 is 1.31 bits per heavy atom. The van der Waals surface area contributed by atoms with Gasteiger partial charge in [-0.1, -0.05) is 44.0 Å². The van der Waals surface area contributed by atoms with Gasteiger partial charge in [0.15, 0.2) is 5.75 Å². The van der Waals surface area contributed by atoms with Crippen molar-refractivity contribution in [2.75, 3.05) is 11.9 Å². The number of rotatable bonds is 0. The normalized spacial score (nSPS) is 19.7. The van der Waals surface area contributed by atoms with Gasteiger partial charge in [-0.05, 0) is 12.1 Å². The van der Waals surface area contributed by atoms with Gasteiger partial charge in [0.1, 0.15) is 6.10 Å². The van der Waals surface area contributed by atoms with Crippen LogP contribution in [0.25, 0.3) is 0 Å². The second-order valence-electron chi connectivity index (χ2n) is 5.12. The molecule has 1 unspecified atom stereocenters. The zero-order valence-electron chi connectivity index (χ0n) is 9.60. The van der Waals surface area contributed by atoms with Gasteiger partial charge in [0.05, 0.1) is 17.3 Å². The van der Waals surface area contributed by atoms with Crippen LogP contribution in [0.15, 0.2) is 12.1 Å². The molecule has 2 rings (SSSR count). The third-order valence-electron chi connectivity index (χ3n) is 2.71. The molecule has 2 nitrogen and oxygen atoms in total. The highest BCUT2D eigenvalue weighted by Crippen LogP contribution is 2.41. The number of nitrogens with one attached hydrogen (secondary N) is 1. The van der Waals surface area contributed by atoms with Crippen LogP contribution in [0, 0.1) is 5.41 Å². The van der Waals surface area contributed by atoms with Crippen molar-refractivity contribution in [1.82, 2.24) is 0 Å². The SMILES string of the molecule is CC(C)(C)C1CNc2cc(Cl)cc(Cl)c2O1. The second-order valence-corrected chi connectivity index (χ2v) is 5.96. The third kappa shape index (κ3) is 2.23. The maximum Gasteiger partial charge on any atom is 0.161 e. The molecule has 1 heterocycles. The average Bonchev–Trinajstić information content (AvgIpc) is 2.15. The van der Waals surface area contributed by atoms with Gasteiger partial charge >= 0.3 is 0 Å². The van der Waals surface area contributed by atoms with Crippen LogP contribution in [-0.2, 0) is 0 Å². The summed E-state index contributed by atoms with van der Waals surface area (Å²) in [6.45, 7) is 7.21. The molecule has 1 atom stereocenters. The lowest BCUT2D eigenvalue weighted by molar-refractivity contribution is 0.0923. The van der Waals surface area contributed by atoms with Crippen LogP contribution in [0.5, 0.6) is 5.75 Å². The summed E-state index contributed by atoms with van der Waals surface area (Å²) in [6.07, 6.45) is 0.110. The van der Waals surface area contributed by atoms with E-state index in [9.17, 15) is 0 Å². The van der Waals surface area contributed by atoms with Crippen LogP contribution in [0.4, 0.5) is 5.69 Å². The average molecular weight is 260 g/mol. The standard InChI is InChI=1S/C12H15Cl2NO/c1-12(2,3)10-6-15-9-5-7(13)4-8(14)11(9)16-10/h4-5,10,15H,6H2,1-3H3. The van der Waals surface area contributed by atoms with Crippen molar-refractivity contribution in [2.24, 2.45) is 5.41 Å². The van der Waals surface area contributed by atoms with Crippen molar-refractivity contribution in [2.45, 2.75) is 26.9 Å². The molecule has 4 heteroatoms. The molecule has 0 saturated heterocycles. The number of hydrogen-bond donors (Lipinski definition) is 1. The number of fused-ring (bicyclic) bond motifs is 1. The highest BCUT2D eigenvalue weighted by atomic mass is 35.5. The highest BCUT2D eigenvalue weighted by Gasteiger charge is 2.31. The first-order valence-corrected chi connectivity index (χ1v) is 6.03. The lowest BCUT2D eigenvalue weighted by Crippen LogP contribution is -2.41. The number of hydrogen-bond acceptors (Lipinski definition) is 2. The van der Waals surface area contributed by atoms with Crippen molar-refractivity contribution < 1.29 is 4.74 Å². The van der Waals surface area contributed by atoms with Gasteiger partial charge in [0.25, 0.3) is 0 Å². The van der Waals surface area contributed by atoms with Gasteiger partial charge in [0, 0.05) is 10.4 Å². The minimum atomic E-state index is 0.0770. The smallest absolute Gasteiger partial charge is 0.161 e. The number of anilines is 1. The Kier molecular flexibility index (Phi) is 2.97. The minimum Gasteiger partial charge on any atom is -0.484 e. The third-order valence-corrected chi connectivity index (χ3v) is 3.21. The van der Waals surface area contributed by atoms with Gasteiger partial charge in [-0.3, -0.25) is 0 Å². The van der Waals surface area contributed by atoms with Crippen molar-refractivity contribution in [1.29, 1.82) is 0 Å². The molecule has 1 aromatic rings. The molecule has 0 bridgehead atoms. The molecule has 0 aromatic heterocycles. The lowest BCUT2D eigenvalue weighted by atomic mass is 9.88. The zero-order valence-corrected chi connectivity index (χ0v) is 11.1. The Hall–Kier alpha value is -0.600. The molecule has 1 N–H and O–H groups in total. The number of ether oxygens (including phenoxy) is 1. The fourth-order valence-corrected chi connectivity index (χ4v) is 2.22. The molecule has 0 spiro atoms. The zero-order chi connectivity index (χ0) is 11.9. The molecular weight excluding hydrogens is 245 g/mol. The predicted octanol–water partition coefficient (Wildman–Crippen LogP) is 4.21. The van der Waals surface area contributed by atoms with E-state index in [0.717, 1.165) is 12.2 Å². The van der Waals surface area contributed by atoms with Crippen LogP contribution in [-0.4, -0.2) is 12.6 Å². The van der Waals surface area contributed by atoms with Crippen LogP contribution in [0.3, 0.4) is 0 Å². The molecule has 0 fully saturated rings. The van der Waals surface area contributed by atoms with E-state index in [-0.39, 0.29) is 11.5 Å². The van der Waals surface area contributed by atoms with E-state index >= 15 is 0 Å². The van der Waals surface area contributed by atoms with Gasteiger partial charge in [-0.15, -0.1) is 0 Å². The van der Waals surface area contributed by atoms with E-state index in [1.54, 1.807) is 6.07 Å². The first-order chi connectivity index (χ1) is 7.38. The summed E-state index contributed by atoms with van der Waals surface area (Å²) in [4.78, 5) is 0. The van der Waals surface area contributed by atoms with Gasteiger partial charge in [-0.2, -0.15) is 0 Å². The molecule has 16 heavy (non-hydrogen) atoms. The highest BCUT2D eigenvalue weighted by molar-refractivity contribution is 6.36. The fourth-order valence-electron chi connectivity index (χ4n) is 1.68. The fraction of sp³-hybridized carbons (Fsp3) is 0.500. The van der Waals surface area contributed by atoms with Gasteiger partial charge < -0.3 is 10.1 Å². The molecule has 0 aliphatic carbocycles. The Morgan fingerprint density at radius 3 is 2.62 bits per heavy atom. The second kappa shape index (κ2) is 4.01. The molecule has 1 aliphatic heterocycles. The largest absolute Gasteiger partial charge is 0.484 e. The molecule has 88 valence electrons. The van der Waals surface area contributed by atoms with Crippen LogP contribution in [0.1, 0.15) is 20.8 Å². The molecule has 0 saturated carbocycles. The summed E-state index contributed by atoms with van der Waals surface area (Å²) in [7, 11) is 0. The lowest BCUT2D eigenvalue weighted by Gasteiger charge is -2.36. The van der Waals surface area contributed by atoms with Crippen LogP contribution in [0.2, 0.25) is 10.0 Å². The summed E-state index contributed by atoms with van der Waals surface area (Å²) >= 11 is 12.0. The molecule has 1 aromatic carbocycles. The summed E-state index contributed by atoms with van der Waals surface area (Å²) in [5.41, 5.74) is 0.950. The Balaban J connectivity index is 2.34. The van der Waals surface area contributed by atoms with Gasteiger partial charge in [0.2, 0.25) is 0 Å². The maximum atomic E-state index is 6.11. The summed E-state index contributed by atoms with van der Waals surface area (Å²) in [5, 5.41) is 4.49. The minimum absolute atomic E-state index is 0.0770. The van der Waals surface area contributed by atoms with Crippen molar-refractivity contribution >= 4 is 28.9 Å². The summed E-state index contributed by atoms with van der Waals surface area (Å²) in [6, 6.07) is 3.54. The molecule has 1 aliphatic rings. The number of halogens is 2. The monoisotopic (exact) mass is 259 g/mol. The molecule has 0 amide bonds. The predicted molar refractivity (Wildman–Crippen MR) is 68.8 cm³/mol. The number of benzene rings is 1. The summed E-state index contributed by atoms with van der Waals surface area (Å²) < 4.78 is 5.93. The van der Waals surface area contributed by atoms with E-state index in [2.05, 4.69) is 26.1 Å². The first-order valence-electron chi connectivity index (χ1n) is 5.27. The van der Waals surface area contributed by atoms with Crippen molar-refractivity contribution in [3.8, 4) is 5.75 Å². The Morgan fingerprint density at radius 2 is 2.00 bits per heavy atom. The van der Waals surface area contributed by atoms with E-state index in [1.807, 2.05) is 6.07 Å². The quantitative estimate of drug-likeness (QED) is 0.754. The van der Waals surface area contributed by atoms with Crippen LogP contribution >= 0.6 is 23.2 Å². The Bertz CT molecular complexity index is 412. The van der Waals surface area contributed by atoms with E-state index in [1.165, 1.54) is 0 Å². The van der Waals surface area contributed by atoms with E-state index < -0.39 is 0 Å².